The SMILES string of the molecule is CCNc1ncc(Br)c(NCCOCC(F)F)n1. The van der Waals surface area contributed by atoms with Crippen molar-refractivity contribution in [2.45, 2.75) is 13.3 Å². The number of aromatic nitrogens is 2. The van der Waals surface area contributed by atoms with Gasteiger partial charge in [-0.3, -0.25) is 0 Å². The predicted octanol–water partition coefficient (Wildman–Crippen LogP) is 2.36. The maximum absolute atomic E-state index is 11.8. The molecule has 5 nitrogen and oxygen atoms in total. The topological polar surface area (TPSA) is 59.1 Å². The zero-order valence-electron chi connectivity index (χ0n) is 9.92. The van der Waals surface area contributed by atoms with E-state index in [2.05, 4.69) is 36.5 Å². The Morgan fingerprint density at radius 1 is 1.44 bits per heavy atom. The Kier molecular flexibility index (Phi) is 6.81. The number of hydrogen-bond donors (Lipinski definition) is 2. The number of anilines is 2. The van der Waals surface area contributed by atoms with E-state index < -0.39 is 13.0 Å². The molecular weight excluding hydrogens is 310 g/mol. The fraction of sp³-hybridized carbons (Fsp3) is 0.600. The highest BCUT2D eigenvalue weighted by atomic mass is 79.9. The number of alkyl halides is 2. The standard InChI is InChI=1S/C10H15BrF2N4O/c1-2-14-10-16-5-7(11)9(17-10)15-3-4-18-6-8(12)13/h5,8H,2-4,6H2,1H3,(H2,14,15,16,17). The largest absolute Gasteiger partial charge is 0.374 e. The smallest absolute Gasteiger partial charge is 0.261 e. The van der Waals surface area contributed by atoms with Crippen LogP contribution in [0.15, 0.2) is 10.7 Å². The number of nitrogens with one attached hydrogen (secondary N) is 2. The molecule has 8 heteroatoms. The van der Waals surface area contributed by atoms with Crippen LogP contribution in [0.1, 0.15) is 6.92 Å². The van der Waals surface area contributed by atoms with Gasteiger partial charge >= 0.3 is 0 Å². The van der Waals surface area contributed by atoms with Crippen LogP contribution in [0.3, 0.4) is 0 Å². The summed E-state index contributed by atoms with van der Waals surface area (Å²) in [6, 6.07) is 0. The minimum absolute atomic E-state index is 0.192. The van der Waals surface area contributed by atoms with E-state index in [4.69, 9.17) is 4.74 Å². The Bertz CT molecular complexity index is 368. The quantitative estimate of drug-likeness (QED) is 0.719. The van der Waals surface area contributed by atoms with Crippen LogP contribution in [0.4, 0.5) is 20.5 Å². The highest BCUT2D eigenvalue weighted by Gasteiger charge is 2.05. The summed E-state index contributed by atoms with van der Waals surface area (Å²) in [6.45, 7) is 2.70. The van der Waals surface area contributed by atoms with Crippen molar-refractivity contribution in [2.75, 3.05) is 36.9 Å². The molecule has 0 aliphatic heterocycles. The van der Waals surface area contributed by atoms with E-state index in [1.54, 1.807) is 6.20 Å². The lowest BCUT2D eigenvalue weighted by Gasteiger charge is -2.09. The number of hydrogen-bond acceptors (Lipinski definition) is 5. The highest BCUT2D eigenvalue weighted by molar-refractivity contribution is 9.10. The van der Waals surface area contributed by atoms with Gasteiger partial charge in [0.1, 0.15) is 12.4 Å². The Morgan fingerprint density at radius 2 is 2.22 bits per heavy atom. The third-order valence-electron chi connectivity index (χ3n) is 1.86. The Balaban J connectivity index is 2.38. The van der Waals surface area contributed by atoms with E-state index in [0.29, 0.717) is 22.8 Å². The molecule has 0 amide bonds. The molecule has 0 saturated heterocycles. The van der Waals surface area contributed by atoms with Crippen LogP contribution < -0.4 is 10.6 Å². The minimum atomic E-state index is -2.43. The molecule has 0 aliphatic carbocycles. The fourth-order valence-corrected chi connectivity index (χ4v) is 1.48. The van der Waals surface area contributed by atoms with Gasteiger partial charge in [-0.2, -0.15) is 4.98 Å². The van der Waals surface area contributed by atoms with Crippen molar-refractivity contribution in [2.24, 2.45) is 0 Å². The summed E-state index contributed by atoms with van der Waals surface area (Å²) in [5.41, 5.74) is 0. The molecule has 0 unspecified atom stereocenters. The van der Waals surface area contributed by atoms with Crippen LogP contribution in [-0.4, -0.2) is 42.7 Å². The third-order valence-corrected chi connectivity index (χ3v) is 2.44. The lowest BCUT2D eigenvalue weighted by atomic mass is 10.5. The van der Waals surface area contributed by atoms with Gasteiger partial charge in [0, 0.05) is 19.3 Å². The fourth-order valence-electron chi connectivity index (χ4n) is 1.15. The van der Waals surface area contributed by atoms with Crippen LogP contribution >= 0.6 is 15.9 Å². The van der Waals surface area contributed by atoms with Gasteiger partial charge in [0.25, 0.3) is 6.43 Å². The second-order valence-corrected chi connectivity index (χ2v) is 4.17. The summed E-state index contributed by atoms with van der Waals surface area (Å²) in [7, 11) is 0. The molecule has 0 spiro atoms. The van der Waals surface area contributed by atoms with Crippen LogP contribution in [0.25, 0.3) is 0 Å². The molecule has 0 aliphatic rings. The minimum Gasteiger partial charge on any atom is -0.374 e. The van der Waals surface area contributed by atoms with Gasteiger partial charge in [0.05, 0.1) is 11.1 Å². The third kappa shape index (κ3) is 5.54. The molecule has 1 aromatic rings. The predicted molar refractivity (Wildman–Crippen MR) is 69.2 cm³/mol. The summed E-state index contributed by atoms with van der Waals surface area (Å²) >= 11 is 3.30. The molecule has 18 heavy (non-hydrogen) atoms. The number of rotatable bonds is 8. The molecule has 0 atom stereocenters. The van der Waals surface area contributed by atoms with Crippen molar-refractivity contribution in [1.29, 1.82) is 0 Å². The van der Waals surface area contributed by atoms with E-state index >= 15 is 0 Å². The number of ether oxygens (including phenoxy) is 1. The van der Waals surface area contributed by atoms with Gasteiger partial charge in [-0.15, -0.1) is 0 Å². The first-order valence-electron chi connectivity index (χ1n) is 5.49. The zero-order valence-corrected chi connectivity index (χ0v) is 11.5. The van der Waals surface area contributed by atoms with Crippen LogP contribution in [-0.2, 0) is 4.74 Å². The molecule has 102 valence electrons. The van der Waals surface area contributed by atoms with Gasteiger partial charge in [0.15, 0.2) is 0 Å². The lowest BCUT2D eigenvalue weighted by Crippen LogP contribution is -2.14. The van der Waals surface area contributed by atoms with E-state index in [9.17, 15) is 8.78 Å². The van der Waals surface area contributed by atoms with Gasteiger partial charge in [0.2, 0.25) is 5.95 Å². The van der Waals surface area contributed by atoms with E-state index in [1.807, 2.05) is 6.92 Å². The summed E-state index contributed by atoms with van der Waals surface area (Å²) in [5.74, 6) is 1.11. The molecule has 0 bridgehead atoms. The molecule has 1 aromatic heterocycles. The van der Waals surface area contributed by atoms with Gasteiger partial charge in [-0.05, 0) is 22.9 Å². The van der Waals surface area contributed by atoms with Crippen LogP contribution in [0, 0.1) is 0 Å². The van der Waals surface area contributed by atoms with Crippen molar-refractivity contribution in [3.63, 3.8) is 0 Å². The van der Waals surface area contributed by atoms with Crippen molar-refractivity contribution < 1.29 is 13.5 Å². The highest BCUT2D eigenvalue weighted by Crippen LogP contribution is 2.19. The molecule has 1 heterocycles. The molecule has 2 N–H and O–H groups in total. The van der Waals surface area contributed by atoms with Gasteiger partial charge in [-0.1, -0.05) is 0 Å². The van der Waals surface area contributed by atoms with Crippen LogP contribution in [0.2, 0.25) is 0 Å². The van der Waals surface area contributed by atoms with Crippen molar-refractivity contribution >= 4 is 27.7 Å². The van der Waals surface area contributed by atoms with Crippen molar-refractivity contribution in [1.82, 2.24) is 9.97 Å². The summed E-state index contributed by atoms with van der Waals surface area (Å²) in [4.78, 5) is 8.27. The first-order valence-corrected chi connectivity index (χ1v) is 6.29. The first-order chi connectivity index (χ1) is 8.63. The Morgan fingerprint density at radius 3 is 2.89 bits per heavy atom. The average Bonchev–Trinajstić information content (AvgIpc) is 2.32. The van der Waals surface area contributed by atoms with Crippen molar-refractivity contribution in [3.8, 4) is 0 Å². The first kappa shape index (κ1) is 15.0. The van der Waals surface area contributed by atoms with E-state index in [-0.39, 0.29) is 6.61 Å². The van der Waals surface area contributed by atoms with Crippen molar-refractivity contribution in [3.05, 3.63) is 10.7 Å². The van der Waals surface area contributed by atoms with E-state index in [0.717, 1.165) is 6.54 Å². The summed E-state index contributed by atoms with van der Waals surface area (Å²) < 4.78 is 29.1. The molecular formula is C10H15BrF2N4O. The zero-order chi connectivity index (χ0) is 13.4. The summed E-state index contributed by atoms with van der Waals surface area (Å²) in [5, 5.41) is 5.96. The second kappa shape index (κ2) is 8.15. The molecule has 0 aromatic carbocycles. The monoisotopic (exact) mass is 324 g/mol. The van der Waals surface area contributed by atoms with Gasteiger partial charge in [-0.25, -0.2) is 13.8 Å². The van der Waals surface area contributed by atoms with Gasteiger partial charge < -0.3 is 15.4 Å². The normalized spacial score (nSPS) is 10.7. The Labute approximate surface area is 112 Å². The van der Waals surface area contributed by atoms with E-state index in [1.165, 1.54) is 0 Å². The maximum atomic E-state index is 11.8. The summed E-state index contributed by atoms with van der Waals surface area (Å²) in [6.07, 6.45) is -0.816. The molecule has 0 radical (unpaired) electrons. The number of halogens is 3. The lowest BCUT2D eigenvalue weighted by molar-refractivity contribution is 0.0215. The molecule has 0 saturated carbocycles. The second-order valence-electron chi connectivity index (χ2n) is 3.31. The molecule has 1 rings (SSSR count). The van der Waals surface area contributed by atoms with Crippen LogP contribution in [0.5, 0.6) is 0 Å². The number of nitrogens with zero attached hydrogens (tertiary/aromatic N) is 2. The Hall–Kier alpha value is -1.02. The average molecular weight is 325 g/mol. The maximum Gasteiger partial charge on any atom is 0.261 e. The molecule has 0 fully saturated rings.